The van der Waals surface area contributed by atoms with E-state index in [1.807, 2.05) is 43.0 Å². The molecule has 29 heavy (non-hydrogen) atoms. The first kappa shape index (κ1) is 17.7. The van der Waals surface area contributed by atoms with E-state index in [4.69, 9.17) is 0 Å². The van der Waals surface area contributed by atoms with Crippen LogP contribution in [0.4, 0.5) is 5.82 Å². The van der Waals surface area contributed by atoms with E-state index in [9.17, 15) is 4.79 Å². The molecule has 0 radical (unpaired) electrons. The number of carbonyl (C=O) groups is 1. The Morgan fingerprint density at radius 3 is 2.55 bits per heavy atom. The van der Waals surface area contributed by atoms with Crippen molar-refractivity contribution >= 4 is 11.7 Å². The van der Waals surface area contributed by atoms with Gasteiger partial charge in [0.2, 0.25) is 0 Å². The Balaban J connectivity index is 1.41. The first-order valence-corrected chi connectivity index (χ1v) is 9.80. The summed E-state index contributed by atoms with van der Waals surface area (Å²) in [6.07, 6.45) is 5.20. The van der Waals surface area contributed by atoms with Gasteiger partial charge in [-0.25, -0.2) is 4.98 Å². The smallest absolute Gasteiger partial charge is 0.275 e. The molecule has 3 unspecified atom stereocenters. The average molecular weight is 390 g/mol. The second-order valence-electron chi connectivity index (χ2n) is 7.81. The van der Waals surface area contributed by atoms with Crippen molar-refractivity contribution in [2.45, 2.75) is 38.8 Å². The maximum atomic E-state index is 13.5. The second-order valence-corrected chi connectivity index (χ2v) is 7.81. The molecule has 9 heteroatoms. The lowest BCUT2D eigenvalue weighted by Crippen LogP contribution is -2.48. The molecular weight excluding hydrogens is 368 g/mol. The molecule has 1 saturated heterocycles. The van der Waals surface area contributed by atoms with Crippen molar-refractivity contribution in [2.75, 3.05) is 11.9 Å². The quantitative estimate of drug-likeness (QED) is 0.724. The zero-order chi connectivity index (χ0) is 20.0. The van der Waals surface area contributed by atoms with Crippen LogP contribution >= 0.6 is 0 Å². The molecule has 3 aromatic heterocycles. The lowest BCUT2D eigenvalue weighted by Gasteiger charge is -2.34. The van der Waals surface area contributed by atoms with E-state index < -0.39 is 0 Å². The number of aromatic nitrogens is 6. The van der Waals surface area contributed by atoms with Crippen LogP contribution in [0.2, 0.25) is 0 Å². The Morgan fingerprint density at radius 1 is 1.03 bits per heavy atom. The highest BCUT2D eigenvalue weighted by atomic mass is 16.2. The van der Waals surface area contributed by atoms with Crippen molar-refractivity contribution in [3.05, 3.63) is 53.7 Å². The summed E-state index contributed by atoms with van der Waals surface area (Å²) in [7, 11) is 0. The van der Waals surface area contributed by atoms with Crippen molar-refractivity contribution in [1.82, 2.24) is 35.1 Å². The summed E-state index contributed by atoms with van der Waals surface area (Å²) in [6.45, 7) is 4.55. The van der Waals surface area contributed by atoms with Gasteiger partial charge in [-0.2, -0.15) is 15.3 Å². The summed E-state index contributed by atoms with van der Waals surface area (Å²) in [5.41, 5.74) is 2.66. The zero-order valence-electron chi connectivity index (χ0n) is 16.4. The van der Waals surface area contributed by atoms with Crippen molar-refractivity contribution in [3.8, 4) is 5.69 Å². The number of hydrogen-bond donors (Lipinski definition) is 1. The number of carbonyl (C=O) groups excluding carboxylic acids is 1. The minimum absolute atomic E-state index is 0.0741. The molecular formula is C20H22N8O. The number of amides is 1. The molecule has 0 aromatic carbocycles. The van der Waals surface area contributed by atoms with E-state index in [2.05, 4.69) is 30.7 Å². The molecule has 0 spiro atoms. The largest absolute Gasteiger partial charge is 0.364 e. The summed E-state index contributed by atoms with van der Waals surface area (Å²) >= 11 is 0. The zero-order valence-corrected chi connectivity index (χ0v) is 16.4. The summed E-state index contributed by atoms with van der Waals surface area (Å²) in [5, 5.41) is 20.2. The van der Waals surface area contributed by atoms with Gasteiger partial charge in [0.15, 0.2) is 5.69 Å². The third kappa shape index (κ3) is 3.22. The van der Waals surface area contributed by atoms with Crippen LogP contribution in [0.1, 0.15) is 34.7 Å². The molecule has 4 heterocycles. The predicted octanol–water partition coefficient (Wildman–Crippen LogP) is 1.78. The van der Waals surface area contributed by atoms with Gasteiger partial charge < -0.3 is 10.2 Å². The number of fused-ring (bicyclic) bond motifs is 2. The average Bonchev–Trinajstić information content (AvgIpc) is 3.46. The SMILES string of the molecule is Cc1ccc(NC2CC3CC2N(C(=O)c2nc(C)ccc2-n2nccn2)C3)nn1. The lowest BCUT2D eigenvalue weighted by atomic mass is 10.0. The van der Waals surface area contributed by atoms with E-state index in [1.165, 1.54) is 4.80 Å². The highest BCUT2D eigenvalue weighted by Gasteiger charge is 2.47. The molecule has 1 saturated carbocycles. The number of aryl methyl sites for hydroxylation is 2. The molecule has 2 aliphatic rings. The van der Waals surface area contributed by atoms with Crippen LogP contribution in [-0.2, 0) is 0 Å². The van der Waals surface area contributed by atoms with Crippen molar-refractivity contribution in [3.63, 3.8) is 0 Å². The standard InChI is InChI=1S/C20H22N8O/c1-12-3-5-16(28-21-7-8-22-28)19(23-12)20(29)27-11-14-9-15(17(27)10-14)24-18-6-4-13(2)25-26-18/h3-8,14-15,17H,9-11H2,1-2H3,(H,24,26). The van der Waals surface area contributed by atoms with E-state index in [1.54, 1.807) is 12.4 Å². The predicted molar refractivity (Wildman–Crippen MR) is 106 cm³/mol. The van der Waals surface area contributed by atoms with Crippen LogP contribution in [-0.4, -0.2) is 59.6 Å². The Morgan fingerprint density at radius 2 is 1.83 bits per heavy atom. The molecule has 1 N–H and O–H groups in total. The molecule has 1 aliphatic heterocycles. The van der Waals surface area contributed by atoms with Gasteiger partial charge in [0.05, 0.1) is 24.1 Å². The number of anilines is 1. The van der Waals surface area contributed by atoms with Gasteiger partial charge in [0, 0.05) is 18.3 Å². The minimum atomic E-state index is -0.0741. The molecule has 3 atom stereocenters. The fourth-order valence-electron chi connectivity index (χ4n) is 4.42. The third-order valence-electron chi connectivity index (χ3n) is 5.72. The highest BCUT2D eigenvalue weighted by molar-refractivity contribution is 5.96. The van der Waals surface area contributed by atoms with E-state index >= 15 is 0 Å². The molecule has 148 valence electrons. The number of pyridine rings is 1. The number of nitrogens with zero attached hydrogens (tertiary/aromatic N) is 7. The Bertz CT molecular complexity index is 1030. The Kier molecular flexibility index (Phi) is 4.22. The molecule has 9 nitrogen and oxygen atoms in total. The molecule has 1 amide bonds. The molecule has 3 aromatic rings. The highest BCUT2D eigenvalue weighted by Crippen LogP contribution is 2.40. The molecule has 1 aliphatic carbocycles. The summed E-state index contributed by atoms with van der Waals surface area (Å²) in [4.78, 5) is 21.4. The van der Waals surface area contributed by atoms with Gasteiger partial charge in [-0.3, -0.25) is 4.79 Å². The van der Waals surface area contributed by atoms with Crippen LogP contribution in [0, 0.1) is 19.8 Å². The fraction of sp³-hybridized carbons (Fsp3) is 0.400. The van der Waals surface area contributed by atoms with E-state index in [0.717, 1.165) is 36.6 Å². The normalized spacial score (nSPS) is 22.8. The maximum absolute atomic E-state index is 13.5. The fourth-order valence-corrected chi connectivity index (χ4v) is 4.42. The first-order chi connectivity index (χ1) is 14.1. The van der Waals surface area contributed by atoms with Gasteiger partial charge in [-0.15, -0.1) is 9.90 Å². The number of likely N-dealkylation sites (tertiary alicyclic amines) is 1. The topological polar surface area (TPSA) is 102 Å². The van der Waals surface area contributed by atoms with E-state index in [-0.39, 0.29) is 18.0 Å². The van der Waals surface area contributed by atoms with Crippen molar-refractivity contribution in [1.29, 1.82) is 0 Å². The van der Waals surface area contributed by atoms with Crippen LogP contribution in [0.5, 0.6) is 0 Å². The van der Waals surface area contributed by atoms with Crippen molar-refractivity contribution in [2.24, 2.45) is 5.92 Å². The van der Waals surface area contributed by atoms with Crippen LogP contribution in [0.25, 0.3) is 5.69 Å². The minimum Gasteiger partial charge on any atom is -0.364 e. The van der Waals surface area contributed by atoms with Gasteiger partial charge >= 0.3 is 0 Å². The Hall–Kier alpha value is -3.36. The lowest BCUT2D eigenvalue weighted by molar-refractivity contribution is 0.0685. The third-order valence-corrected chi connectivity index (χ3v) is 5.72. The van der Waals surface area contributed by atoms with Crippen LogP contribution in [0.15, 0.2) is 36.7 Å². The van der Waals surface area contributed by atoms with Gasteiger partial charge in [-0.1, -0.05) is 0 Å². The van der Waals surface area contributed by atoms with E-state index in [0.29, 0.717) is 17.3 Å². The van der Waals surface area contributed by atoms with Gasteiger partial charge in [0.25, 0.3) is 5.91 Å². The Labute approximate surface area is 168 Å². The van der Waals surface area contributed by atoms with Crippen LogP contribution < -0.4 is 5.32 Å². The monoisotopic (exact) mass is 390 g/mol. The van der Waals surface area contributed by atoms with Gasteiger partial charge in [0.1, 0.15) is 11.5 Å². The second kappa shape index (κ2) is 6.91. The van der Waals surface area contributed by atoms with Crippen molar-refractivity contribution < 1.29 is 4.79 Å². The maximum Gasteiger partial charge on any atom is 0.275 e. The van der Waals surface area contributed by atoms with Gasteiger partial charge in [-0.05, 0) is 56.9 Å². The number of hydrogen-bond acceptors (Lipinski definition) is 7. The number of nitrogens with one attached hydrogen (secondary N) is 1. The number of rotatable bonds is 4. The first-order valence-electron chi connectivity index (χ1n) is 9.80. The van der Waals surface area contributed by atoms with Crippen LogP contribution in [0.3, 0.4) is 0 Å². The summed E-state index contributed by atoms with van der Waals surface area (Å²) in [6, 6.07) is 7.85. The molecule has 2 fully saturated rings. The summed E-state index contributed by atoms with van der Waals surface area (Å²) in [5.74, 6) is 1.15. The summed E-state index contributed by atoms with van der Waals surface area (Å²) < 4.78 is 0. The molecule has 2 bridgehead atoms. The molecule has 5 rings (SSSR count). The number of piperidine rings is 1.